The lowest BCUT2D eigenvalue weighted by molar-refractivity contribution is 0.0942. The summed E-state index contributed by atoms with van der Waals surface area (Å²) in [6.45, 7) is 3.09. The highest BCUT2D eigenvalue weighted by molar-refractivity contribution is 5.99. The molecule has 0 radical (unpaired) electrons. The van der Waals surface area contributed by atoms with Gasteiger partial charge in [0, 0.05) is 19.3 Å². The van der Waals surface area contributed by atoms with Crippen LogP contribution in [0.3, 0.4) is 0 Å². The zero-order chi connectivity index (χ0) is 14.4. The summed E-state index contributed by atoms with van der Waals surface area (Å²) in [5.74, 6) is 1.60. The molecule has 0 atom stereocenters. The molecule has 1 saturated carbocycles. The second kappa shape index (κ2) is 7.32. The summed E-state index contributed by atoms with van der Waals surface area (Å²) >= 11 is 0. The Morgan fingerprint density at radius 1 is 1.15 bits per heavy atom. The minimum atomic E-state index is 0.0348. The lowest BCUT2D eigenvalue weighted by atomic mass is 9.81. The highest BCUT2D eigenvalue weighted by Gasteiger charge is 2.20. The first-order valence-corrected chi connectivity index (χ1v) is 7.79. The van der Waals surface area contributed by atoms with Crippen molar-refractivity contribution >= 4 is 11.6 Å². The standard InChI is InChI=1S/C17H26N2O/c1-3-13-8-10-14(11-9-13)12-19-17(20)15-6-4-5-7-16(15)18-2/h4-7,13-14,18H,3,8-12H2,1-2H3,(H,19,20). The average Bonchev–Trinajstić information content (AvgIpc) is 2.53. The lowest BCUT2D eigenvalue weighted by Crippen LogP contribution is -2.31. The zero-order valence-corrected chi connectivity index (χ0v) is 12.6. The van der Waals surface area contributed by atoms with Crippen LogP contribution in [0, 0.1) is 11.8 Å². The first-order chi connectivity index (χ1) is 9.74. The van der Waals surface area contributed by atoms with Crippen molar-refractivity contribution in [2.75, 3.05) is 18.9 Å². The van der Waals surface area contributed by atoms with Gasteiger partial charge < -0.3 is 10.6 Å². The van der Waals surface area contributed by atoms with Gasteiger partial charge in [-0.05, 0) is 36.8 Å². The molecule has 0 unspecified atom stereocenters. The third kappa shape index (κ3) is 3.75. The van der Waals surface area contributed by atoms with Gasteiger partial charge in [-0.25, -0.2) is 0 Å². The summed E-state index contributed by atoms with van der Waals surface area (Å²) in [6.07, 6.45) is 6.46. The first-order valence-electron chi connectivity index (χ1n) is 7.79. The molecule has 1 aromatic rings. The molecule has 0 aliphatic heterocycles. The van der Waals surface area contributed by atoms with Crippen molar-refractivity contribution in [3.63, 3.8) is 0 Å². The molecule has 0 saturated heterocycles. The van der Waals surface area contributed by atoms with Crippen LogP contribution in [0.4, 0.5) is 5.69 Å². The van der Waals surface area contributed by atoms with Crippen LogP contribution in [-0.2, 0) is 0 Å². The molecule has 3 nitrogen and oxygen atoms in total. The number of para-hydroxylation sites is 1. The van der Waals surface area contributed by atoms with E-state index in [1.54, 1.807) is 0 Å². The van der Waals surface area contributed by atoms with Gasteiger partial charge in [-0.3, -0.25) is 4.79 Å². The van der Waals surface area contributed by atoms with E-state index in [0.29, 0.717) is 5.92 Å². The van der Waals surface area contributed by atoms with Crippen molar-refractivity contribution in [3.8, 4) is 0 Å². The third-order valence-corrected chi connectivity index (χ3v) is 4.54. The lowest BCUT2D eigenvalue weighted by Gasteiger charge is -2.27. The molecule has 2 N–H and O–H groups in total. The zero-order valence-electron chi connectivity index (χ0n) is 12.6. The molecular formula is C17H26N2O. The normalized spacial score (nSPS) is 22.3. The van der Waals surface area contributed by atoms with E-state index >= 15 is 0 Å². The van der Waals surface area contributed by atoms with Crippen LogP contribution in [0.15, 0.2) is 24.3 Å². The first kappa shape index (κ1) is 14.9. The van der Waals surface area contributed by atoms with Crippen molar-refractivity contribution < 1.29 is 4.79 Å². The Kier molecular flexibility index (Phi) is 5.45. The van der Waals surface area contributed by atoms with Crippen LogP contribution >= 0.6 is 0 Å². The molecule has 20 heavy (non-hydrogen) atoms. The maximum absolute atomic E-state index is 12.2. The third-order valence-electron chi connectivity index (χ3n) is 4.54. The Bertz CT molecular complexity index is 436. The Morgan fingerprint density at radius 2 is 1.80 bits per heavy atom. The average molecular weight is 274 g/mol. The highest BCUT2D eigenvalue weighted by Crippen LogP contribution is 2.30. The molecule has 0 heterocycles. The van der Waals surface area contributed by atoms with Gasteiger partial charge in [-0.15, -0.1) is 0 Å². The Hall–Kier alpha value is -1.51. The van der Waals surface area contributed by atoms with Crippen LogP contribution < -0.4 is 10.6 Å². The van der Waals surface area contributed by atoms with Gasteiger partial charge in [0.05, 0.1) is 5.56 Å². The van der Waals surface area contributed by atoms with Gasteiger partial charge in [0.25, 0.3) is 5.91 Å². The molecule has 0 aromatic heterocycles. The van der Waals surface area contributed by atoms with Crippen LogP contribution in [0.5, 0.6) is 0 Å². The molecular weight excluding hydrogens is 248 g/mol. The number of rotatable bonds is 5. The SMILES string of the molecule is CCC1CCC(CNC(=O)c2ccccc2NC)CC1. The van der Waals surface area contributed by atoms with Gasteiger partial charge in [-0.1, -0.05) is 38.3 Å². The van der Waals surface area contributed by atoms with E-state index in [-0.39, 0.29) is 5.91 Å². The quantitative estimate of drug-likeness (QED) is 0.860. The molecule has 0 spiro atoms. The van der Waals surface area contributed by atoms with Crippen LogP contribution in [0.1, 0.15) is 49.4 Å². The monoisotopic (exact) mass is 274 g/mol. The second-order valence-corrected chi connectivity index (χ2v) is 5.80. The highest BCUT2D eigenvalue weighted by atomic mass is 16.1. The summed E-state index contributed by atoms with van der Waals surface area (Å²) in [4.78, 5) is 12.2. The number of benzene rings is 1. The fraction of sp³-hybridized carbons (Fsp3) is 0.588. The predicted octanol–water partition coefficient (Wildman–Crippen LogP) is 3.67. The van der Waals surface area contributed by atoms with Crippen molar-refractivity contribution in [1.82, 2.24) is 5.32 Å². The molecule has 1 aliphatic carbocycles. The Balaban J connectivity index is 1.83. The fourth-order valence-electron chi connectivity index (χ4n) is 3.08. The Labute approximate surface area is 122 Å². The van der Waals surface area contributed by atoms with Gasteiger partial charge in [0.2, 0.25) is 0 Å². The maximum Gasteiger partial charge on any atom is 0.253 e. The summed E-state index contributed by atoms with van der Waals surface area (Å²) in [7, 11) is 1.85. The van der Waals surface area contributed by atoms with Crippen molar-refractivity contribution in [2.45, 2.75) is 39.0 Å². The molecule has 1 fully saturated rings. The van der Waals surface area contributed by atoms with Gasteiger partial charge >= 0.3 is 0 Å². The number of hydrogen-bond donors (Lipinski definition) is 2. The summed E-state index contributed by atoms with van der Waals surface area (Å²) in [6, 6.07) is 7.65. The number of hydrogen-bond acceptors (Lipinski definition) is 2. The van der Waals surface area contributed by atoms with E-state index in [2.05, 4.69) is 17.6 Å². The molecule has 1 aliphatic rings. The van der Waals surface area contributed by atoms with Crippen molar-refractivity contribution in [3.05, 3.63) is 29.8 Å². The maximum atomic E-state index is 12.2. The number of nitrogens with one attached hydrogen (secondary N) is 2. The van der Waals surface area contributed by atoms with Crippen LogP contribution in [-0.4, -0.2) is 19.5 Å². The number of carbonyl (C=O) groups is 1. The predicted molar refractivity (Wildman–Crippen MR) is 84.1 cm³/mol. The van der Waals surface area contributed by atoms with Gasteiger partial charge in [0.15, 0.2) is 0 Å². The molecule has 0 bridgehead atoms. The van der Waals surface area contributed by atoms with Crippen LogP contribution in [0.2, 0.25) is 0 Å². The fourth-order valence-corrected chi connectivity index (χ4v) is 3.08. The summed E-state index contributed by atoms with van der Waals surface area (Å²) in [5.41, 5.74) is 1.62. The Morgan fingerprint density at radius 3 is 2.45 bits per heavy atom. The number of anilines is 1. The number of carbonyl (C=O) groups excluding carboxylic acids is 1. The van der Waals surface area contributed by atoms with Gasteiger partial charge in [0.1, 0.15) is 0 Å². The molecule has 1 aromatic carbocycles. The smallest absolute Gasteiger partial charge is 0.253 e. The molecule has 2 rings (SSSR count). The van der Waals surface area contributed by atoms with Crippen molar-refractivity contribution in [1.29, 1.82) is 0 Å². The van der Waals surface area contributed by atoms with E-state index in [1.807, 2.05) is 31.3 Å². The minimum Gasteiger partial charge on any atom is -0.387 e. The second-order valence-electron chi connectivity index (χ2n) is 5.80. The topological polar surface area (TPSA) is 41.1 Å². The molecule has 110 valence electrons. The summed E-state index contributed by atoms with van der Waals surface area (Å²) in [5, 5.41) is 6.16. The van der Waals surface area contributed by atoms with Crippen LogP contribution in [0.25, 0.3) is 0 Å². The van der Waals surface area contributed by atoms with E-state index in [1.165, 1.54) is 32.1 Å². The summed E-state index contributed by atoms with van der Waals surface area (Å²) < 4.78 is 0. The largest absolute Gasteiger partial charge is 0.387 e. The minimum absolute atomic E-state index is 0.0348. The van der Waals surface area contributed by atoms with E-state index in [9.17, 15) is 4.79 Å². The number of amides is 1. The van der Waals surface area contributed by atoms with Crippen molar-refractivity contribution in [2.24, 2.45) is 11.8 Å². The van der Waals surface area contributed by atoms with E-state index in [4.69, 9.17) is 0 Å². The van der Waals surface area contributed by atoms with E-state index in [0.717, 1.165) is 23.7 Å². The molecule has 3 heteroatoms. The van der Waals surface area contributed by atoms with E-state index < -0.39 is 0 Å². The van der Waals surface area contributed by atoms with Gasteiger partial charge in [-0.2, -0.15) is 0 Å². The molecule has 1 amide bonds.